The lowest BCUT2D eigenvalue weighted by Crippen LogP contribution is -2.19. The molecular weight excluding hydrogens is 452 g/mol. The molecule has 3 aromatic carbocycles. The van der Waals surface area contributed by atoms with E-state index in [1.807, 2.05) is 55.5 Å². The van der Waals surface area contributed by atoms with Gasteiger partial charge in [0.15, 0.2) is 5.17 Å². The molecule has 0 unspecified atom stereocenters. The van der Waals surface area contributed by atoms with E-state index in [1.54, 1.807) is 30.3 Å². The maximum absolute atomic E-state index is 12.3. The van der Waals surface area contributed by atoms with Crippen molar-refractivity contribution in [2.24, 2.45) is 4.99 Å². The fraction of sp³-hybridized carbons (Fsp3) is 0.115. The van der Waals surface area contributed by atoms with Gasteiger partial charge in [-0.25, -0.2) is 9.79 Å². The van der Waals surface area contributed by atoms with Crippen molar-refractivity contribution < 1.29 is 24.2 Å². The van der Waals surface area contributed by atoms with Crippen molar-refractivity contribution in [3.05, 3.63) is 94.4 Å². The fourth-order valence-electron chi connectivity index (χ4n) is 3.10. The van der Waals surface area contributed by atoms with Gasteiger partial charge in [0.25, 0.3) is 5.91 Å². The number of carbonyl (C=O) groups excluding carboxylic acids is 1. The number of nitrogens with one attached hydrogen (secondary N) is 1. The topological polar surface area (TPSA) is 97.2 Å². The van der Waals surface area contributed by atoms with Gasteiger partial charge in [-0.15, -0.1) is 0 Å². The van der Waals surface area contributed by atoms with Gasteiger partial charge in [-0.2, -0.15) is 0 Å². The summed E-state index contributed by atoms with van der Waals surface area (Å²) in [6.45, 7) is 2.85. The number of aliphatic imine (C=N–C) groups is 1. The number of aromatic carboxylic acids is 1. The Morgan fingerprint density at radius 1 is 0.971 bits per heavy atom. The van der Waals surface area contributed by atoms with Crippen LogP contribution < -0.4 is 14.8 Å². The Kier molecular flexibility index (Phi) is 7.29. The van der Waals surface area contributed by atoms with E-state index in [0.29, 0.717) is 29.0 Å². The van der Waals surface area contributed by atoms with Gasteiger partial charge >= 0.3 is 5.97 Å². The molecule has 1 saturated heterocycles. The highest BCUT2D eigenvalue weighted by molar-refractivity contribution is 8.18. The van der Waals surface area contributed by atoms with E-state index in [-0.39, 0.29) is 11.5 Å². The standard InChI is InChI=1S/C26H22N2O5S/c1-2-32-21-13-9-20(10-14-21)27-26-28-24(29)23(34-26)15-17-5-11-22(12-6-17)33-16-18-3-7-19(8-4-18)25(30)31/h3-15H,2,16H2,1H3,(H,30,31)(H,27,28,29)/b23-15+. The van der Waals surface area contributed by atoms with E-state index in [2.05, 4.69) is 10.3 Å². The zero-order valence-electron chi connectivity index (χ0n) is 18.4. The Hall–Kier alpha value is -4.04. The van der Waals surface area contributed by atoms with Crippen molar-refractivity contribution in [3.63, 3.8) is 0 Å². The minimum atomic E-state index is -0.958. The first-order valence-electron chi connectivity index (χ1n) is 10.6. The van der Waals surface area contributed by atoms with E-state index in [1.165, 1.54) is 11.8 Å². The molecule has 0 aromatic heterocycles. The van der Waals surface area contributed by atoms with Gasteiger partial charge < -0.3 is 19.9 Å². The number of ether oxygens (including phenoxy) is 2. The maximum atomic E-state index is 12.3. The summed E-state index contributed by atoms with van der Waals surface area (Å²) in [6.07, 6.45) is 1.80. The van der Waals surface area contributed by atoms with Crippen molar-refractivity contribution in [2.75, 3.05) is 6.61 Å². The van der Waals surface area contributed by atoms with Crippen LogP contribution in [0.2, 0.25) is 0 Å². The predicted octanol–water partition coefficient (Wildman–Crippen LogP) is 5.25. The van der Waals surface area contributed by atoms with Crippen LogP contribution in [0.25, 0.3) is 6.08 Å². The van der Waals surface area contributed by atoms with E-state index >= 15 is 0 Å². The molecule has 1 aliphatic heterocycles. The Balaban J connectivity index is 1.36. The molecule has 3 aromatic rings. The highest BCUT2D eigenvalue weighted by Gasteiger charge is 2.23. The summed E-state index contributed by atoms with van der Waals surface area (Å²) >= 11 is 1.28. The molecule has 4 rings (SSSR count). The van der Waals surface area contributed by atoms with Crippen LogP contribution in [-0.2, 0) is 11.4 Å². The minimum Gasteiger partial charge on any atom is -0.494 e. The molecule has 1 aliphatic rings. The molecule has 0 spiro atoms. The average Bonchev–Trinajstić information content (AvgIpc) is 3.18. The highest BCUT2D eigenvalue weighted by atomic mass is 32.2. The molecule has 34 heavy (non-hydrogen) atoms. The highest BCUT2D eigenvalue weighted by Crippen LogP contribution is 2.29. The van der Waals surface area contributed by atoms with Gasteiger partial charge in [0.05, 0.1) is 22.8 Å². The first-order valence-corrected chi connectivity index (χ1v) is 11.4. The fourth-order valence-corrected chi connectivity index (χ4v) is 3.95. The van der Waals surface area contributed by atoms with Crippen molar-refractivity contribution >= 4 is 40.6 Å². The molecule has 0 radical (unpaired) electrons. The summed E-state index contributed by atoms with van der Waals surface area (Å²) in [4.78, 5) is 28.3. The van der Waals surface area contributed by atoms with Crippen LogP contribution in [0.5, 0.6) is 11.5 Å². The lowest BCUT2D eigenvalue weighted by Gasteiger charge is -2.07. The van der Waals surface area contributed by atoms with Crippen LogP contribution in [0, 0.1) is 0 Å². The monoisotopic (exact) mass is 474 g/mol. The Morgan fingerprint density at radius 3 is 2.26 bits per heavy atom. The molecule has 2 N–H and O–H groups in total. The molecule has 0 atom stereocenters. The SMILES string of the molecule is CCOc1ccc(N=C2NC(=O)/C(=C\c3ccc(OCc4ccc(C(=O)O)cc4)cc3)S2)cc1. The number of carbonyl (C=O) groups is 2. The van der Waals surface area contributed by atoms with E-state index in [4.69, 9.17) is 14.6 Å². The van der Waals surface area contributed by atoms with Crippen LogP contribution >= 0.6 is 11.8 Å². The zero-order valence-corrected chi connectivity index (χ0v) is 19.2. The third-order valence-electron chi connectivity index (χ3n) is 4.81. The summed E-state index contributed by atoms with van der Waals surface area (Å²) in [6, 6.07) is 21.3. The summed E-state index contributed by atoms with van der Waals surface area (Å²) < 4.78 is 11.2. The minimum absolute atomic E-state index is 0.195. The van der Waals surface area contributed by atoms with Crippen LogP contribution in [-0.4, -0.2) is 28.8 Å². The second kappa shape index (κ2) is 10.7. The number of hydrogen-bond donors (Lipinski definition) is 2. The summed E-state index contributed by atoms with van der Waals surface area (Å²) in [7, 11) is 0. The molecule has 1 heterocycles. The molecule has 1 amide bonds. The molecule has 8 heteroatoms. The second-order valence-corrected chi connectivity index (χ2v) is 8.30. The number of amides is 1. The number of thioether (sulfide) groups is 1. The van der Waals surface area contributed by atoms with Gasteiger partial charge in [0.1, 0.15) is 18.1 Å². The summed E-state index contributed by atoms with van der Waals surface area (Å²) in [5.41, 5.74) is 2.70. The van der Waals surface area contributed by atoms with E-state index < -0.39 is 5.97 Å². The quantitative estimate of drug-likeness (QED) is 0.433. The normalized spacial score (nSPS) is 15.4. The predicted molar refractivity (Wildman–Crippen MR) is 133 cm³/mol. The Morgan fingerprint density at radius 2 is 1.62 bits per heavy atom. The largest absolute Gasteiger partial charge is 0.494 e. The Labute approximate surface area is 201 Å². The number of rotatable bonds is 8. The van der Waals surface area contributed by atoms with Crippen LogP contribution in [0.15, 0.2) is 82.7 Å². The molecule has 172 valence electrons. The molecule has 0 bridgehead atoms. The molecule has 0 saturated carbocycles. The first-order chi connectivity index (χ1) is 16.5. The zero-order chi connectivity index (χ0) is 23.9. The number of nitrogens with zero attached hydrogens (tertiary/aromatic N) is 1. The van der Waals surface area contributed by atoms with Crippen LogP contribution in [0.4, 0.5) is 5.69 Å². The first kappa shape index (κ1) is 23.1. The number of hydrogen-bond acceptors (Lipinski definition) is 6. The second-order valence-electron chi connectivity index (χ2n) is 7.27. The third-order valence-corrected chi connectivity index (χ3v) is 5.72. The molecule has 0 aliphatic carbocycles. The van der Waals surface area contributed by atoms with E-state index in [0.717, 1.165) is 22.6 Å². The lowest BCUT2D eigenvalue weighted by atomic mass is 10.1. The van der Waals surface area contributed by atoms with Gasteiger partial charge in [-0.3, -0.25) is 4.79 Å². The number of amidine groups is 1. The third kappa shape index (κ3) is 6.05. The number of carboxylic acids is 1. The summed E-state index contributed by atoms with van der Waals surface area (Å²) in [5, 5.41) is 12.3. The maximum Gasteiger partial charge on any atom is 0.335 e. The smallest absolute Gasteiger partial charge is 0.335 e. The van der Waals surface area contributed by atoms with Gasteiger partial charge in [-0.05, 0) is 84.4 Å². The molecular formula is C26H22N2O5S. The van der Waals surface area contributed by atoms with Crippen LogP contribution in [0.3, 0.4) is 0 Å². The Bertz CT molecular complexity index is 1230. The van der Waals surface area contributed by atoms with Crippen molar-refractivity contribution in [2.45, 2.75) is 13.5 Å². The lowest BCUT2D eigenvalue weighted by molar-refractivity contribution is -0.115. The van der Waals surface area contributed by atoms with E-state index in [9.17, 15) is 9.59 Å². The number of carboxylic acid groups (broad SMARTS) is 1. The van der Waals surface area contributed by atoms with Crippen LogP contribution in [0.1, 0.15) is 28.4 Å². The van der Waals surface area contributed by atoms with Gasteiger partial charge in [0.2, 0.25) is 0 Å². The average molecular weight is 475 g/mol. The summed E-state index contributed by atoms with van der Waals surface area (Å²) in [5.74, 6) is 0.296. The van der Waals surface area contributed by atoms with Crippen molar-refractivity contribution in [1.29, 1.82) is 0 Å². The van der Waals surface area contributed by atoms with Gasteiger partial charge in [0, 0.05) is 0 Å². The van der Waals surface area contributed by atoms with Gasteiger partial charge in [-0.1, -0.05) is 24.3 Å². The number of benzene rings is 3. The van der Waals surface area contributed by atoms with Crippen molar-refractivity contribution in [1.82, 2.24) is 5.32 Å². The van der Waals surface area contributed by atoms with Crippen molar-refractivity contribution in [3.8, 4) is 11.5 Å². The molecule has 1 fully saturated rings. The molecule has 7 nitrogen and oxygen atoms in total.